The van der Waals surface area contributed by atoms with Crippen LogP contribution in [-0.2, 0) is 14.3 Å². The number of carbonyl (C=O) groups is 3. The molecule has 0 bridgehead atoms. The van der Waals surface area contributed by atoms with Gasteiger partial charge in [0, 0.05) is 37.5 Å². The predicted octanol–water partition coefficient (Wildman–Crippen LogP) is 2.27. The van der Waals surface area contributed by atoms with E-state index in [2.05, 4.69) is 18.8 Å². The highest BCUT2D eigenvalue weighted by atomic mass is 32.1. The van der Waals surface area contributed by atoms with Crippen molar-refractivity contribution in [3.8, 4) is 0 Å². The average molecular weight is 420 g/mol. The Kier molecular flexibility index (Phi) is 4.76. The Labute approximate surface area is 175 Å². The van der Waals surface area contributed by atoms with E-state index in [0.29, 0.717) is 37.7 Å². The molecule has 158 valence electrons. The highest BCUT2D eigenvalue weighted by molar-refractivity contribution is 7.13. The Morgan fingerprint density at radius 1 is 1.14 bits per heavy atom. The average Bonchev–Trinajstić information content (AvgIpc) is 2.95. The first-order valence-electron chi connectivity index (χ1n) is 10.3. The van der Waals surface area contributed by atoms with Crippen LogP contribution in [0.25, 0.3) is 0 Å². The smallest absolute Gasteiger partial charge is 0.311 e. The quantitative estimate of drug-likeness (QED) is 0.700. The monoisotopic (exact) mass is 419 g/mol. The van der Waals surface area contributed by atoms with Crippen LogP contribution in [0.4, 0.5) is 0 Å². The minimum absolute atomic E-state index is 0.0765. The van der Waals surface area contributed by atoms with Gasteiger partial charge in [0.05, 0.1) is 23.2 Å². The molecule has 0 radical (unpaired) electrons. The van der Waals surface area contributed by atoms with E-state index in [1.54, 1.807) is 11.8 Å². The van der Waals surface area contributed by atoms with E-state index in [9.17, 15) is 14.4 Å². The second-order valence-electron chi connectivity index (χ2n) is 9.44. The Morgan fingerprint density at radius 3 is 2.28 bits per heavy atom. The Balaban J connectivity index is 1.51. The number of carbonyl (C=O) groups excluding carboxylic acids is 3. The number of rotatable bonds is 4. The summed E-state index contributed by atoms with van der Waals surface area (Å²) < 4.78 is 5.32. The van der Waals surface area contributed by atoms with Gasteiger partial charge in [-0.25, -0.2) is 4.98 Å². The molecule has 8 heteroatoms. The lowest BCUT2D eigenvalue weighted by Crippen LogP contribution is -2.63. The molecule has 2 aliphatic heterocycles. The molecule has 0 aromatic carbocycles. The zero-order valence-electron chi connectivity index (χ0n) is 17.8. The highest BCUT2D eigenvalue weighted by Crippen LogP contribution is 2.54. The topological polar surface area (TPSA) is 79.8 Å². The molecule has 7 nitrogen and oxygen atoms in total. The molecule has 3 aliphatic rings. The third-order valence-corrected chi connectivity index (χ3v) is 7.80. The number of aromatic nitrogens is 1. The lowest BCUT2D eigenvalue weighted by molar-refractivity contribution is -0.162. The number of nitrogens with zero attached hydrogens (tertiary/aromatic N) is 3. The molecule has 2 saturated heterocycles. The lowest BCUT2D eigenvalue weighted by atomic mass is 9.71. The number of amides is 2. The molecule has 2 atom stereocenters. The van der Waals surface area contributed by atoms with E-state index < -0.39 is 11.3 Å². The van der Waals surface area contributed by atoms with Crippen LogP contribution in [0, 0.1) is 36.5 Å². The van der Waals surface area contributed by atoms with Crippen LogP contribution < -0.4 is 0 Å². The third kappa shape index (κ3) is 3.35. The first-order valence-corrected chi connectivity index (χ1v) is 11.1. The summed E-state index contributed by atoms with van der Waals surface area (Å²) in [6.45, 7) is 11.9. The molecular weight excluding hydrogens is 390 g/mol. The number of hydrogen-bond donors (Lipinski definition) is 0. The number of thiazole rings is 1. The Hall–Kier alpha value is -1.96. The van der Waals surface area contributed by atoms with Gasteiger partial charge in [0.1, 0.15) is 4.88 Å². The maximum Gasteiger partial charge on any atom is 0.311 e. The van der Waals surface area contributed by atoms with Gasteiger partial charge >= 0.3 is 5.97 Å². The van der Waals surface area contributed by atoms with Crippen molar-refractivity contribution in [2.24, 2.45) is 22.7 Å². The molecule has 3 heterocycles. The van der Waals surface area contributed by atoms with Gasteiger partial charge in [-0.1, -0.05) is 13.8 Å². The maximum atomic E-state index is 13.1. The van der Waals surface area contributed by atoms with E-state index in [1.165, 1.54) is 11.3 Å². The number of ether oxygens (including phenoxy) is 1. The summed E-state index contributed by atoms with van der Waals surface area (Å²) in [5.41, 5.74) is 0.414. The first-order chi connectivity index (χ1) is 13.6. The van der Waals surface area contributed by atoms with Gasteiger partial charge < -0.3 is 14.5 Å². The van der Waals surface area contributed by atoms with Crippen LogP contribution in [0.15, 0.2) is 0 Å². The molecule has 29 heavy (non-hydrogen) atoms. The van der Waals surface area contributed by atoms with E-state index in [0.717, 1.165) is 17.1 Å². The van der Waals surface area contributed by atoms with Crippen molar-refractivity contribution in [3.63, 3.8) is 0 Å². The van der Waals surface area contributed by atoms with Crippen molar-refractivity contribution in [2.45, 2.75) is 41.0 Å². The van der Waals surface area contributed by atoms with E-state index >= 15 is 0 Å². The SMILES string of the molecule is CCOC(=O)C1CN(C(=O)c2sc(C)nc2C)CC12CN(C(=O)[C@H]1CC1(C)C)C2. The zero-order chi connectivity index (χ0) is 21.1. The summed E-state index contributed by atoms with van der Waals surface area (Å²) in [5, 5.41) is 0.856. The van der Waals surface area contributed by atoms with Crippen LogP contribution in [0.2, 0.25) is 0 Å². The van der Waals surface area contributed by atoms with Gasteiger partial charge in [0.2, 0.25) is 5.91 Å². The van der Waals surface area contributed by atoms with Crippen molar-refractivity contribution in [1.29, 1.82) is 0 Å². The van der Waals surface area contributed by atoms with Gasteiger partial charge in [-0.15, -0.1) is 11.3 Å². The van der Waals surface area contributed by atoms with Gasteiger partial charge in [-0.2, -0.15) is 0 Å². The highest BCUT2D eigenvalue weighted by Gasteiger charge is 2.62. The number of hydrogen-bond acceptors (Lipinski definition) is 6. The van der Waals surface area contributed by atoms with Crippen molar-refractivity contribution in [1.82, 2.24) is 14.8 Å². The summed E-state index contributed by atoms with van der Waals surface area (Å²) >= 11 is 1.39. The summed E-state index contributed by atoms with van der Waals surface area (Å²) in [6, 6.07) is 0. The van der Waals surface area contributed by atoms with E-state index in [1.807, 2.05) is 18.7 Å². The van der Waals surface area contributed by atoms with E-state index in [4.69, 9.17) is 4.74 Å². The Bertz CT molecular complexity index is 871. The molecule has 3 fully saturated rings. The molecule has 1 unspecified atom stereocenters. The van der Waals surface area contributed by atoms with Crippen molar-refractivity contribution < 1.29 is 19.1 Å². The van der Waals surface area contributed by atoms with Crippen LogP contribution >= 0.6 is 11.3 Å². The molecule has 1 aromatic rings. The first kappa shape index (κ1) is 20.3. The largest absolute Gasteiger partial charge is 0.466 e. The molecule has 1 spiro atoms. The van der Waals surface area contributed by atoms with Crippen molar-refractivity contribution >= 4 is 29.1 Å². The van der Waals surface area contributed by atoms with Crippen molar-refractivity contribution in [3.05, 3.63) is 15.6 Å². The molecule has 1 aliphatic carbocycles. The number of esters is 1. The van der Waals surface area contributed by atoms with Crippen molar-refractivity contribution in [2.75, 3.05) is 32.8 Å². The standard InChI is InChI=1S/C21H29N3O4S/c1-6-28-19(27)15-8-23(18(26)16-12(2)22-13(3)29-16)9-21(15)10-24(11-21)17(25)14-7-20(14,4)5/h14-15H,6-11H2,1-5H3/t14-,15?/m1/s1. The summed E-state index contributed by atoms with van der Waals surface area (Å²) in [4.78, 5) is 47.2. The van der Waals surface area contributed by atoms with Gasteiger partial charge in [-0.05, 0) is 32.6 Å². The fraction of sp³-hybridized carbons (Fsp3) is 0.714. The van der Waals surface area contributed by atoms with E-state index in [-0.39, 0.29) is 29.1 Å². The molecule has 2 amide bonds. The molecule has 0 N–H and O–H groups in total. The number of aryl methyl sites for hydroxylation is 2. The summed E-state index contributed by atoms with van der Waals surface area (Å²) in [7, 11) is 0. The Morgan fingerprint density at radius 2 is 1.76 bits per heavy atom. The lowest BCUT2D eigenvalue weighted by Gasteiger charge is -2.50. The fourth-order valence-corrected chi connectivity index (χ4v) is 5.75. The predicted molar refractivity (Wildman–Crippen MR) is 109 cm³/mol. The van der Waals surface area contributed by atoms with Crippen LogP contribution in [0.3, 0.4) is 0 Å². The van der Waals surface area contributed by atoms with Crippen LogP contribution in [0.1, 0.15) is 47.6 Å². The van der Waals surface area contributed by atoms with Gasteiger partial charge in [0.15, 0.2) is 0 Å². The van der Waals surface area contributed by atoms with Gasteiger partial charge in [-0.3, -0.25) is 14.4 Å². The van der Waals surface area contributed by atoms with Crippen LogP contribution in [0.5, 0.6) is 0 Å². The van der Waals surface area contributed by atoms with Gasteiger partial charge in [0.25, 0.3) is 5.91 Å². The maximum absolute atomic E-state index is 13.1. The molecule has 4 rings (SSSR count). The second kappa shape index (κ2) is 6.79. The molecular formula is C21H29N3O4S. The third-order valence-electron chi connectivity index (χ3n) is 6.74. The normalized spacial score (nSPS) is 26.4. The second-order valence-corrected chi connectivity index (χ2v) is 10.6. The number of likely N-dealkylation sites (tertiary alicyclic amines) is 2. The summed E-state index contributed by atoms with van der Waals surface area (Å²) in [6.07, 6.45) is 0.922. The molecule has 1 aromatic heterocycles. The zero-order valence-corrected chi connectivity index (χ0v) is 18.6. The minimum atomic E-state index is -0.399. The fourth-order valence-electron chi connectivity index (χ4n) is 4.86. The van der Waals surface area contributed by atoms with Crippen LogP contribution in [-0.4, -0.2) is 65.4 Å². The molecule has 1 saturated carbocycles. The minimum Gasteiger partial charge on any atom is -0.466 e. The summed E-state index contributed by atoms with van der Waals surface area (Å²) in [5.74, 6) is -0.465.